The Morgan fingerprint density at radius 2 is 2.32 bits per heavy atom. The number of halogens is 1. The Hall–Kier alpha value is -1.63. The molecule has 1 aliphatic heterocycles. The van der Waals surface area contributed by atoms with Gasteiger partial charge in [0.15, 0.2) is 5.75 Å². The fourth-order valence-corrected chi connectivity index (χ4v) is 2.56. The molecule has 0 saturated carbocycles. The highest BCUT2D eigenvalue weighted by molar-refractivity contribution is 9.09. The number of amides is 1. The maximum atomic E-state index is 11.9. The maximum Gasteiger partial charge on any atom is 0.312 e. The minimum atomic E-state index is -0.509. The molecule has 1 saturated heterocycles. The number of benzene rings is 1. The van der Waals surface area contributed by atoms with Crippen LogP contribution in [0.15, 0.2) is 18.2 Å². The van der Waals surface area contributed by atoms with E-state index in [1.807, 2.05) is 0 Å². The Kier molecular flexibility index (Phi) is 4.04. The van der Waals surface area contributed by atoms with E-state index in [9.17, 15) is 14.9 Å². The molecule has 1 amide bonds. The second-order valence-corrected chi connectivity index (χ2v) is 4.99. The van der Waals surface area contributed by atoms with Crippen LogP contribution in [0.4, 0.5) is 11.4 Å². The van der Waals surface area contributed by atoms with Gasteiger partial charge in [-0.05, 0) is 18.1 Å². The van der Waals surface area contributed by atoms with E-state index >= 15 is 0 Å². The number of methoxy groups -OCH3 is 1. The van der Waals surface area contributed by atoms with E-state index in [2.05, 4.69) is 15.9 Å². The number of anilines is 1. The number of rotatable bonds is 4. The van der Waals surface area contributed by atoms with Crippen molar-refractivity contribution in [2.75, 3.05) is 23.9 Å². The molecule has 0 aliphatic carbocycles. The summed E-state index contributed by atoms with van der Waals surface area (Å²) in [5.41, 5.74) is 0.413. The van der Waals surface area contributed by atoms with Crippen LogP contribution in [-0.2, 0) is 4.79 Å². The fourth-order valence-electron chi connectivity index (χ4n) is 2.12. The first-order valence-corrected chi connectivity index (χ1v) is 6.87. The lowest BCUT2D eigenvalue weighted by Crippen LogP contribution is -2.24. The van der Waals surface area contributed by atoms with Crippen LogP contribution in [0.5, 0.6) is 5.75 Å². The Labute approximate surface area is 118 Å². The number of ether oxygens (including phenoxy) is 1. The Morgan fingerprint density at radius 3 is 2.84 bits per heavy atom. The topological polar surface area (TPSA) is 72.7 Å². The zero-order valence-electron chi connectivity index (χ0n) is 10.3. The molecular weight excluding hydrogens is 316 g/mol. The summed E-state index contributed by atoms with van der Waals surface area (Å²) in [4.78, 5) is 23.9. The third-order valence-electron chi connectivity index (χ3n) is 3.09. The van der Waals surface area contributed by atoms with Crippen LogP contribution in [0.3, 0.4) is 0 Å². The van der Waals surface area contributed by atoms with Crippen LogP contribution >= 0.6 is 15.9 Å². The van der Waals surface area contributed by atoms with Gasteiger partial charge >= 0.3 is 5.69 Å². The normalized spacial score (nSPS) is 18.7. The average molecular weight is 329 g/mol. The van der Waals surface area contributed by atoms with Crippen LogP contribution in [-0.4, -0.2) is 29.8 Å². The molecule has 1 aromatic rings. The number of hydrogen-bond acceptors (Lipinski definition) is 4. The van der Waals surface area contributed by atoms with Crippen molar-refractivity contribution >= 4 is 33.2 Å². The van der Waals surface area contributed by atoms with Crippen molar-refractivity contribution in [3.63, 3.8) is 0 Å². The zero-order valence-corrected chi connectivity index (χ0v) is 11.9. The van der Waals surface area contributed by atoms with Gasteiger partial charge in [0, 0.05) is 24.4 Å². The Balaban J connectivity index is 2.33. The molecule has 1 aromatic carbocycles. The Morgan fingerprint density at radius 1 is 1.58 bits per heavy atom. The van der Waals surface area contributed by atoms with Gasteiger partial charge in [0.25, 0.3) is 0 Å². The summed E-state index contributed by atoms with van der Waals surface area (Å²) in [5, 5.41) is 11.7. The molecule has 7 heteroatoms. The predicted molar refractivity (Wildman–Crippen MR) is 73.9 cm³/mol. The third kappa shape index (κ3) is 2.70. The first-order valence-electron chi connectivity index (χ1n) is 5.75. The molecule has 0 N–H and O–H groups in total. The first-order chi connectivity index (χ1) is 9.06. The smallest absolute Gasteiger partial charge is 0.312 e. The third-order valence-corrected chi connectivity index (χ3v) is 4.01. The van der Waals surface area contributed by atoms with Crippen molar-refractivity contribution in [1.29, 1.82) is 0 Å². The minimum Gasteiger partial charge on any atom is -0.490 e. The van der Waals surface area contributed by atoms with Crippen molar-refractivity contribution in [3.05, 3.63) is 28.3 Å². The summed E-state index contributed by atoms with van der Waals surface area (Å²) in [5.74, 6) is 0.426. The number of alkyl halides is 1. The summed E-state index contributed by atoms with van der Waals surface area (Å²) < 4.78 is 4.94. The van der Waals surface area contributed by atoms with Crippen molar-refractivity contribution in [1.82, 2.24) is 0 Å². The van der Waals surface area contributed by atoms with Gasteiger partial charge < -0.3 is 9.64 Å². The highest BCUT2D eigenvalue weighted by Gasteiger charge is 2.31. The Bertz CT molecular complexity index is 520. The summed E-state index contributed by atoms with van der Waals surface area (Å²) >= 11 is 3.36. The molecular formula is C12H13BrN2O4. The van der Waals surface area contributed by atoms with Crippen LogP contribution in [0.2, 0.25) is 0 Å². The van der Waals surface area contributed by atoms with Gasteiger partial charge in [-0.2, -0.15) is 0 Å². The number of nitrogens with zero attached hydrogens (tertiary/aromatic N) is 2. The van der Waals surface area contributed by atoms with Crippen molar-refractivity contribution in [2.45, 2.75) is 6.42 Å². The van der Waals surface area contributed by atoms with E-state index in [1.165, 1.54) is 19.2 Å². The molecule has 1 unspecified atom stereocenters. The predicted octanol–water partition coefficient (Wildman–Crippen LogP) is 2.35. The highest BCUT2D eigenvalue weighted by Crippen LogP contribution is 2.34. The van der Waals surface area contributed by atoms with E-state index in [4.69, 9.17) is 4.74 Å². The molecule has 0 bridgehead atoms. The fraction of sp³-hybridized carbons (Fsp3) is 0.417. The highest BCUT2D eigenvalue weighted by atomic mass is 79.9. The largest absolute Gasteiger partial charge is 0.490 e. The van der Waals surface area contributed by atoms with Crippen molar-refractivity contribution < 1.29 is 14.5 Å². The van der Waals surface area contributed by atoms with E-state index in [1.54, 1.807) is 11.0 Å². The quantitative estimate of drug-likeness (QED) is 0.483. The minimum absolute atomic E-state index is 0.0103. The van der Waals surface area contributed by atoms with Gasteiger partial charge in [-0.1, -0.05) is 15.9 Å². The lowest BCUT2D eigenvalue weighted by Gasteiger charge is -2.16. The molecule has 102 valence electrons. The lowest BCUT2D eigenvalue weighted by atomic mass is 10.2. The van der Waals surface area contributed by atoms with E-state index < -0.39 is 4.92 Å². The lowest BCUT2D eigenvalue weighted by molar-refractivity contribution is -0.385. The summed E-state index contributed by atoms with van der Waals surface area (Å²) in [7, 11) is 1.38. The van der Waals surface area contributed by atoms with Crippen LogP contribution in [0.25, 0.3) is 0 Å². The second-order valence-electron chi connectivity index (χ2n) is 4.34. The zero-order chi connectivity index (χ0) is 14.0. The number of carbonyl (C=O) groups is 1. The first kappa shape index (κ1) is 13.8. The molecule has 1 fully saturated rings. The van der Waals surface area contributed by atoms with Crippen molar-refractivity contribution in [2.24, 2.45) is 5.92 Å². The molecule has 1 atom stereocenters. The standard InChI is InChI=1S/C12H13BrN2O4/c1-19-11-3-2-9(5-10(11)15(17)18)14-7-8(6-13)4-12(14)16/h2-3,5,8H,4,6-7H2,1H3. The SMILES string of the molecule is COc1ccc(N2CC(CBr)CC2=O)cc1[N+](=O)[O-]. The summed E-state index contributed by atoms with van der Waals surface area (Å²) in [6.07, 6.45) is 0.463. The van der Waals surface area contributed by atoms with Crippen LogP contribution < -0.4 is 9.64 Å². The van der Waals surface area contributed by atoms with Crippen molar-refractivity contribution in [3.8, 4) is 5.75 Å². The van der Waals surface area contributed by atoms with E-state index in [0.717, 1.165) is 5.33 Å². The average Bonchev–Trinajstić information content (AvgIpc) is 2.79. The van der Waals surface area contributed by atoms with Gasteiger partial charge in [0.05, 0.1) is 17.7 Å². The van der Waals surface area contributed by atoms with Gasteiger partial charge in [-0.3, -0.25) is 14.9 Å². The molecule has 2 rings (SSSR count). The van der Waals surface area contributed by atoms with E-state index in [0.29, 0.717) is 18.7 Å². The molecule has 0 aromatic heterocycles. The van der Waals surface area contributed by atoms with Crippen LogP contribution in [0.1, 0.15) is 6.42 Å². The van der Waals surface area contributed by atoms with Gasteiger partial charge in [0.1, 0.15) is 0 Å². The molecule has 0 spiro atoms. The number of carbonyl (C=O) groups excluding carboxylic acids is 1. The number of nitro benzene ring substituents is 1. The second kappa shape index (κ2) is 5.56. The van der Waals surface area contributed by atoms with Gasteiger partial charge in [0.2, 0.25) is 5.91 Å². The molecule has 1 aliphatic rings. The van der Waals surface area contributed by atoms with Gasteiger partial charge in [-0.25, -0.2) is 0 Å². The number of nitro groups is 1. The molecule has 1 heterocycles. The molecule has 19 heavy (non-hydrogen) atoms. The maximum absolute atomic E-state index is 11.9. The molecule has 6 nitrogen and oxygen atoms in total. The van der Waals surface area contributed by atoms with Gasteiger partial charge in [-0.15, -0.1) is 0 Å². The number of hydrogen-bond donors (Lipinski definition) is 0. The van der Waals surface area contributed by atoms with E-state index in [-0.39, 0.29) is 23.3 Å². The molecule has 0 radical (unpaired) electrons. The van der Waals surface area contributed by atoms with Crippen LogP contribution in [0, 0.1) is 16.0 Å². The summed E-state index contributed by atoms with van der Waals surface area (Å²) in [6, 6.07) is 4.57. The monoisotopic (exact) mass is 328 g/mol. The summed E-state index contributed by atoms with van der Waals surface area (Å²) in [6.45, 7) is 0.577.